The van der Waals surface area contributed by atoms with Gasteiger partial charge in [0.25, 0.3) is 5.89 Å². The summed E-state index contributed by atoms with van der Waals surface area (Å²) in [4.78, 5) is 14.8. The third-order valence-electron chi connectivity index (χ3n) is 2.97. The number of halogens is 1. The predicted octanol–water partition coefficient (Wildman–Crippen LogP) is 3.01. The minimum absolute atomic E-state index is 0.255. The molecule has 0 unspecified atom stereocenters. The molecule has 0 atom stereocenters. The fraction of sp³-hybridized carbons (Fsp3) is 0.0625. The number of hydrogen-bond acceptors (Lipinski definition) is 5. The quantitative estimate of drug-likeness (QED) is 0.779. The van der Waals surface area contributed by atoms with Crippen LogP contribution in [-0.2, 0) is 4.79 Å². The zero-order valence-corrected chi connectivity index (χ0v) is 11.8. The first-order chi connectivity index (χ1) is 11.1. The molecule has 0 fully saturated rings. The van der Waals surface area contributed by atoms with Gasteiger partial charge in [0.15, 0.2) is 6.61 Å². The molecule has 6 nitrogen and oxygen atoms in total. The molecule has 0 bridgehead atoms. The summed E-state index contributed by atoms with van der Waals surface area (Å²) in [6.07, 6.45) is 0. The Bertz CT molecular complexity index is 830. The highest BCUT2D eigenvalue weighted by Gasteiger charge is 2.11. The number of rotatable bonds is 5. The van der Waals surface area contributed by atoms with Gasteiger partial charge < -0.3 is 14.4 Å². The van der Waals surface area contributed by atoms with E-state index in [1.807, 2.05) is 0 Å². The lowest BCUT2D eigenvalue weighted by molar-refractivity contribution is -0.139. The average Bonchev–Trinajstić information content (AvgIpc) is 3.04. The molecule has 1 N–H and O–H groups in total. The second-order valence-corrected chi connectivity index (χ2v) is 4.64. The zero-order chi connectivity index (χ0) is 16.2. The van der Waals surface area contributed by atoms with Gasteiger partial charge in [0, 0.05) is 11.1 Å². The minimum Gasteiger partial charge on any atom is -0.482 e. The van der Waals surface area contributed by atoms with Crippen LogP contribution in [0, 0.1) is 5.82 Å². The van der Waals surface area contributed by atoms with Gasteiger partial charge >= 0.3 is 5.97 Å². The van der Waals surface area contributed by atoms with Gasteiger partial charge in [-0.05, 0) is 42.5 Å². The summed E-state index contributed by atoms with van der Waals surface area (Å²) < 4.78 is 23.2. The smallest absolute Gasteiger partial charge is 0.341 e. The Kier molecular flexibility index (Phi) is 4.01. The maximum Gasteiger partial charge on any atom is 0.341 e. The SMILES string of the molecule is O=C(O)COc1cccc(-c2nc(-c3ccc(F)cc3)no2)c1. The number of nitrogens with zero attached hydrogens (tertiary/aromatic N) is 2. The van der Waals surface area contributed by atoms with Gasteiger partial charge in [-0.15, -0.1) is 0 Å². The van der Waals surface area contributed by atoms with Crippen LogP contribution in [0.2, 0.25) is 0 Å². The molecule has 3 rings (SSSR count). The lowest BCUT2D eigenvalue weighted by atomic mass is 10.2. The molecule has 1 heterocycles. The van der Waals surface area contributed by atoms with Gasteiger partial charge in [-0.25, -0.2) is 9.18 Å². The van der Waals surface area contributed by atoms with Gasteiger partial charge in [-0.3, -0.25) is 0 Å². The maximum atomic E-state index is 12.9. The van der Waals surface area contributed by atoms with Crippen molar-refractivity contribution in [3.63, 3.8) is 0 Å². The van der Waals surface area contributed by atoms with Crippen LogP contribution in [0.5, 0.6) is 5.75 Å². The molecule has 116 valence electrons. The Labute approximate surface area is 130 Å². The van der Waals surface area contributed by atoms with Gasteiger partial charge in [-0.1, -0.05) is 11.2 Å². The van der Waals surface area contributed by atoms with Gasteiger partial charge in [0.05, 0.1) is 0 Å². The molecule has 0 aliphatic rings. The van der Waals surface area contributed by atoms with Crippen molar-refractivity contribution in [2.75, 3.05) is 6.61 Å². The van der Waals surface area contributed by atoms with Crippen molar-refractivity contribution in [3.05, 3.63) is 54.3 Å². The number of ether oxygens (including phenoxy) is 1. The summed E-state index contributed by atoms with van der Waals surface area (Å²) >= 11 is 0. The van der Waals surface area contributed by atoms with Crippen molar-refractivity contribution < 1.29 is 23.6 Å². The summed E-state index contributed by atoms with van der Waals surface area (Å²) in [5.41, 5.74) is 1.22. The van der Waals surface area contributed by atoms with Crippen molar-refractivity contribution in [2.24, 2.45) is 0 Å². The summed E-state index contributed by atoms with van der Waals surface area (Å²) in [6.45, 7) is -0.436. The first kappa shape index (κ1) is 14.7. The fourth-order valence-electron chi connectivity index (χ4n) is 1.92. The first-order valence-electron chi connectivity index (χ1n) is 6.66. The monoisotopic (exact) mass is 314 g/mol. The van der Waals surface area contributed by atoms with E-state index in [0.29, 0.717) is 22.7 Å². The topological polar surface area (TPSA) is 85.5 Å². The number of benzene rings is 2. The summed E-state index contributed by atoms with van der Waals surface area (Å²) in [6, 6.07) is 12.4. The van der Waals surface area contributed by atoms with E-state index < -0.39 is 12.6 Å². The second kappa shape index (κ2) is 6.27. The summed E-state index contributed by atoms with van der Waals surface area (Å²) in [5, 5.41) is 12.5. The number of carbonyl (C=O) groups is 1. The molecule has 0 radical (unpaired) electrons. The predicted molar refractivity (Wildman–Crippen MR) is 78.3 cm³/mol. The molecule has 7 heteroatoms. The molecule has 0 aliphatic carbocycles. The number of aromatic nitrogens is 2. The number of carboxylic acid groups (broad SMARTS) is 1. The number of hydrogen-bond donors (Lipinski definition) is 1. The van der Waals surface area contributed by atoms with Crippen LogP contribution in [0.25, 0.3) is 22.8 Å². The normalized spacial score (nSPS) is 10.5. The molecule has 23 heavy (non-hydrogen) atoms. The number of aliphatic carboxylic acids is 1. The average molecular weight is 314 g/mol. The lowest BCUT2D eigenvalue weighted by Crippen LogP contribution is -2.09. The van der Waals surface area contributed by atoms with E-state index >= 15 is 0 Å². The van der Waals surface area contributed by atoms with Crippen molar-refractivity contribution in [1.82, 2.24) is 10.1 Å². The lowest BCUT2D eigenvalue weighted by Gasteiger charge is -2.03. The largest absolute Gasteiger partial charge is 0.482 e. The van der Waals surface area contributed by atoms with Crippen LogP contribution in [0.15, 0.2) is 53.1 Å². The molecule has 1 aromatic heterocycles. The second-order valence-electron chi connectivity index (χ2n) is 4.64. The number of carboxylic acids is 1. The van der Waals surface area contributed by atoms with E-state index in [1.54, 1.807) is 36.4 Å². The molecule has 0 amide bonds. The zero-order valence-electron chi connectivity index (χ0n) is 11.8. The Balaban J connectivity index is 1.84. The van der Waals surface area contributed by atoms with Crippen molar-refractivity contribution in [3.8, 4) is 28.6 Å². The van der Waals surface area contributed by atoms with Crippen LogP contribution in [0.3, 0.4) is 0 Å². The molecule has 0 saturated heterocycles. The highest BCUT2D eigenvalue weighted by molar-refractivity contribution is 5.68. The molecule has 0 spiro atoms. The van der Waals surface area contributed by atoms with Crippen LogP contribution >= 0.6 is 0 Å². The summed E-state index contributed by atoms with van der Waals surface area (Å²) in [5.74, 6) is -0.444. The fourth-order valence-corrected chi connectivity index (χ4v) is 1.92. The molecule has 2 aromatic carbocycles. The highest BCUT2D eigenvalue weighted by atomic mass is 19.1. The first-order valence-corrected chi connectivity index (χ1v) is 6.66. The molecule has 0 aliphatic heterocycles. The van der Waals surface area contributed by atoms with Gasteiger partial charge in [0.1, 0.15) is 11.6 Å². The van der Waals surface area contributed by atoms with Crippen LogP contribution < -0.4 is 4.74 Å². The Morgan fingerprint density at radius 3 is 2.70 bits per heavy atom. The molecule has 3 aromatic rings. The van der Waals surface area contributed by atoms with E-state index in [0.717, 1.165) is 0 Å². The molecule has 0 saturated carbocycles. The van der Waals surface area contributed by atoms with Gasteiger partial charge in [0.2, 0.25) is 5.82 Å². The maximum absolute atomic E-state index is 12.9. The van der Waals surface area contributed by atoms with Crippen LogP contribution in [0.1, 0.15) is 0 Å². The molecular weight excluding hydrogens is 303 g/mol. The Morgan fingerprint density at radius 1 is 1.17 bits per heavy atom. The van der Waals surface area contributed by atoms with Crippen molar-refractivity contribution in [2.45, 2.75) is 0 Å². The van der Waals surface area contributed by atoms with E-state index in [4.69, 9.17) is 14.4 Å². The van der Waals surface area contributed by atoms with E-state index in [2.05, 4.69) is 10.1 Å². The minimum atomic E-state index is -1.06. The van der Waals surface area contributed by atoms with Crippen LogP contribution in [0.4, 0.5) is 4.39 Å². The Hall–Kier alpha value is -3.22. The third kappa shape index (κ3) is 3.52. The Morgan fingerprint density at radius 2 is 1.96 bits per heavy atom. The van der Waals surface area contributed by atoms with E-state index in [-0.39, 0.29) is 11.7 Å². The highest BCUT2D eigenvalue weighted by Crippen LogP contribution is 2.25. The van der Waals surface area contributed by atoms with E-state index in [1.165, 1.54) is 12.1 Å². The summed E-state index contributed by atoms with van der Waals surface area (Å²) in [7, 11) is 0. The standard InChI is InChI=1S/C16H11FN2O4/c17-12-6-4-10(5-7-12)15-18-16(23-19-15)11-2-1-3-13(8-11)22-9-14(20)21/h1-8H,9H2,(H,20,21). The van der Waals surface area contributed by atoms with E-state index in [9.17, 15) is 9.18 Å². The van der Waals surface area contributed by atoms with Gasteiger partial charge in [-0.2, -0.15) is 4.98 Å². The van der Waals surface area contributed by atoms with Crippen molar-refractivity contribution in [1.29, 1.82) is 0 Å². The third-order valence-corrected chi connectivity index (χ3v) is 2.97. The molecular formula is C16H11FN2O4. The van der Waals surface area contributed by atoms with Crippen LogP contribution in [-0.4, -0.2) is 27.8 Å². The van der Waals surface area contributed by atoms with Crippen molar-refractivity contribution >= 4 is 5.97 Å².